The molecule has 5 heteroatoms. The Kier molecular flexibility index (Phi) is 7.96. The summed E-state index contributed by atoms with van der Waals surface area (Å²) in [6.45, 7) is 1.59. The van der Waals surface area contributed by atoms with E-state index in [0.29, 0.717) is 13.2 Å². The maximum Gasteiger partial charge on any atom is 0.233 e. The molecule has 0 aliphatic heterocycles. The van der Waals surface area contributed by atoms with Crippen LogP contribution in [-0.2, 0) is 9.53 Å². The SMILES string of the molecule is COCCCNC(=O)CNC1CCCCCC1O. The Morgan fingerprint density at radius 1 is 1.33 bits per heavy atom. The van der Waals surface area contributed by atoms with E-state index in [-0.39, 0.29) is 24.6 Å². The van der Waals surface area contributed by atoms with Crippen molar-refractivity contribution in [2.24, 2.45) is 0 Å². The molecule has 0 saturated heterocycles. The minimum atomic E-state index is -0.311. The van der Waals surface area contributed by atoms with Gasteiger partial charge in [-0.15, -0.1) is 0 Å². The van der Waals surface area contributed by atoms with Crippen molar-refractivity contribution in [2.75, 3.05) is 26.8 Å². The van der Waals surface area contributed by atoms with Crippen molar-refractivity contribution < 1.29 is 14.6 Å². The predicted molar refractivity (Wildman–Crippen MR) is 70.4 cm³/mol. The van der Waals surface area contributed by atoms with Gasteiger partial charge in [0.15, 0.2) is 0 Å². The molecule has 3 N–H and O–H groups in total. The Morgan fingerprint density at radius 3 is 2.89 bits per heavy atom. The molecule has 0 radical (unpaired) electrons. The second-order valence-electron chi connectivity index (χ2n) is 4.89. The van der Waals surface area contributed by atoms with Crippen LogP contribution in [-0.4, -0.2) is 50.0 Å². The van der Waals surface area contributed by atoms with Crippen LogP contribution in [0.5, 0.6) is 0 Å². The van der Waals surface area contributed by atoms with Gasteiger partial charge in [0.25, 0.3) is 0 Å². The lowest BCUT2D eigenvalue weighted by Crippen LogP contribution is -2.44. The zero-order valence-electron chi connectivity index (χ0n) is 11.3. The van der Waals surface area contributed by atoms with Gasteiger partial charge in [0.2, 0.25) is 5.91 Å². The van der Waals surface area contributed by atoms with Crippen molar-refractivity contribution in [1.82, 2.24) is 10.6 Å². The largest absolute Gasteiger partial charge is 0.392 e. The normalized spacial score (nSPS) is 24.6. The summed E-state index contributed by atoms with van der Waals surface area (Å²) >= 11 is 0. The first-order chi connectivity index (χ1) is 8.74. The number of carbonyl (C=O) groups is 1. The number of hydrogen-bond acceptors (Lipinski definition) is 4. The molecule has 0 heterocycles. The van der Waals surface area contributed by atoms with Crippen LogP contribution < -0.4 is 10.6 Å². The summed E-state index contributed by atoms with van der Waals surface area (Å²) in [5, 5.41) is 15.9. The number of hydrogen-bond donors (Lipinski definition) is 3. The lowest BCUT2D eigenvalue weighted by molar-refractivity contribution is -0.120. The number of carbonyl (C=O) groups excluding carboxylic acids is 1. The first-order valence-corrected chi connectivity index (χ1v) is 6.91. The van der Waals surface area contributed by atoms with Gasteiger partial charge in [0.1, 0.15) is 0 Å². The van der Waals surface area contributed by atoms with Crippen LogP contribution >= 0.6 is 0 Å². The lowest BCUT2D eigenvalue weighted by Gasteiger charge is -2.21. The number of rotatable bonds is 7. The van der Waals surface area contributed by atoms with Gasteiger partial charge in [0, 0.05) is 26.3 Å². The third-order valence-electron chi connectivity index (χ3n) is 3.35. The van der Waals surface area contributed by atoms with Gasteiger partial charge >= 0.3 is 0 Å². The summed E-state index contributed by atoms with van der Waals surface area (Å²) in [6, 6.07) is 0.0669. The number of aliphatic hydroxyl groups is 1. The summed E-state index contributed by atoms with van der Waals surface area (Å²) in [7, 11) is 1.65. The van der Waals surface area contributed by atoms with Crippen molar-refractivity contribution >= 4 is 5.91 Å². The Bertz CT molecular complexity index is 236. The van der Waals surface area contributed by atoms with Crippen LogP contribution in [0.4, 0.5) is 0 Å². The number of nitrogens with one attached hydrogen (secondary N) is 2. The van der Waals surface area contributed by atoms with Gasteiger partial charge in [-0.3, -0.25) is 4.79 Å². The molecule has 1 aliphatic carbocycles. The fraction of sp³-hybridized carbons (Fsp3) is 0.923. The molecule has 0 aromatic carbocycles. The van der Waals surface area contributed by atoms with E-state index in [1.165, 1.54) is 6.42 Å². The number of aliphatic hydroxyl groups excluding tert-OH is 1. The highest BCUT2D eigenvalue weighted by atomic mass is 16.5. The van der Waals surface area contributed by atoms with E-state index in [4.69, 9.17) is 4.74 Å². The zero-order chi connectivity index (χ0) is 13.2. The predicted octanol–water partition coefficient (Wildman–Crippen LogP) is 0.422. The van der Waals surface area contributed by atoms with Crippen LogP contribution in [0.3, 0.4) is 0 Å². The quantitative estimate of drug-likeness (QED) is 0.457. The average Bonchev–Trinajstić information content (AvgIpc) is 2.57. The monoisotopic (exact) mass is 258 g/mol. The number of amides is 1. The van der Waals surface area contributed by atoms with Gasteiger partial charge < -0.3 is 20.5 Å². The molecule has 0 bridgehead atoms. The fourth-order valence-electron chi connectivity index (χ4n) is 2.26. The molecule has 1 saturated carbocycles. The van der Waals surface area contributed by atoms with E-state index in [2.05, 4.69) is 10.6 Å². The van der Waals surface area contributed by atoms with Crippen molar-refractivity contribution in [2.45, 2.75) is 50.7 Å². The van der Waals surface area contributed by atoms with E-state index in [1.54, 1.807) is 7.11 Å². The molecule has 5 nitrogen and oxygen atoms in total. The molecule has 1 fully saturated rings. The van der Waals surface area contributed by atoms with E-state index < -0.39 is 0 Å². The summed E-state index contributed by atoms with van der Waals surface area (Å²) in [6.07, 6.45) is 5.71. The molecule has 2 unspecified atom stereocenters. The minimum Gasteiger partial charge on any atom is -0.392 e. The van der Waals surface area contributed by atoms with E-state index in [0.717, 1.165) is 32.1 Å². The lowest BCUT2D eigenvalue weighted by atomic mass is 10.1. The Labute approximate surface area is 109 Å². The Hall–Kier alpha value is -0.650. The van der Waals surface area contributed by atoms with Crippen molar-refractivity contribution in [3.8, 4) is 0 Å². The van der Waals surface area contributed by atoms with Crippen LogP contribution in [0, 0.1) is 0 Å². The highest BCUT2D eigenvalue weighted by Gasteiger charge is 2.21. The maximum atomic E-state index is 11.5. The molecular weight excluding hydrogens is 232 g/mol. The second kappa shape index (κ2) is 9.30. The van der Waals surface area contributed by atoms with Gasteiger partial charge in [-0.25, -0.2) is 0 Å². The third-order valence-corrected chi connectivity index (χ3v) is 3.35. The molecule has 0 spiro atoms. The smallest absolute Gasteiger partial charge is 0.233 e. The van der Waals surface area contributed by atoms with Gasteiger partial charge in [-0.1, -0.05) is 19.3 Å². The van der Waals surface area contributed by atoms with Crippen molar-refractivity contribution in [3.05, 3.63) is 0 Å². The topological polar surface area (TPSA) is 70.6 Å². The highest BCUT2D eigenvalue weighted by Crippen LogP contribution is 2.17. The minimum absolute atomic E-state index is 0.0115. The third kappa shape index (κ3) is 6.33. The van der Waals surface area contributed by atoms with E-state index in [1.807, 2.05) is 0 Å². The van der Waals surface area contributed by atoms with Crippen LogP contribution in [0.25, 0.3) is 0 Å². The number of ether oxygens (including phenoxy) is 1. The second-order valence-corrected chi connectivity index (χ2v) is 4.89. The highest BCUT2D eigenvalue weighted by molar-refractivity contribution is 5.77. The summed E-state index contributed by atoms with van der Waals surface area (Å²) in [4.78, 5) is 11.5. The van der Waals surface area contributed by atoms with E-state index in [9.17, 15) is 9.90 Å². The van der Waals surface area contributed by atoms with Gasteiger partial charge in [-0.2, -0.15) is 0 Å². The average molecular weight is 258 g/mol. The molecule has 2 atom stereocenters. The summed E-state index contributed by atoms with van der Waals surface area (Å²) in [5.74, 6) is -0.0115. The van der Waals surface area contributed by atoms with Gasteiger partial charge in [0.05, 0.1) is 12.6 Å². The zero-order valence-corrected chi connectivity index (χ0v) is 11.3. The molecule has 1 aliphatic rings. The van der Waals surface area contributed by atoms with Crippen molar-refractivity contribution in [3.63, 3.8) is 0 Å². The fourth-order valence-corrected chi connectivity index (χ4v) is 2.26. The van der Waals surface area contributed by atoms with E-state index >= 15 is 0 Å². The number of methoxy groups -OCH3 is 1. The standard InChI is InChI=1S/C13H26N2O3/c1-18-9-5-8-14-13(17)10-15-11-6-3-2-4-7-12(11)16/h11-12,15-16H,2-10H2,1H3,(H,14,17). The molecule has 0 aromatic heterocycles. The summed E-state index contributed by atoms with van der Waals surface area (Å²) < 4.78 is 4.91. The Morgan fingerprint density at radius 2 is 2.11 bits per heavy atom. The van der Waals surface area contributed by atoms with Crippen LogP contribution in [0.2, 0.25) is 0 Å². The molecule has 106 valence electrons. The maximum absolute atomic E-state index is 11.5. The molecule has 1 amide bonds. The molecule has 0 aromatic rings. The molecular formula is C13H26N2O3. The first-order valence-electron chi connectivity index (χ1n) is 6.91. The van der Waals surface area contributed by atoms with Crippen molar-refractivity contribution in [1.29, 1.82) is 0 Å². The Balaban J connectivity index is 2.12. The van der Waals surface area contributed by atoms with Crippen LogP contribution in [0.1, 0.15) is 38.5 Å². The first kappa shape index (κ1) is 15.4. The van der Waals surface area contributed by atoms with Gasteiger partial charge in [-0.05, 0) is 19.3 Å². The molecule has 1 rings (SSSR count). The summed E-state index contributed by atoms with van der Waals surface area (Å²) in [5.41, 5.74) is 0. The molecule has 18 heavy (non-hydrogen) atoms. The van der Waals surface area contributed by atoms with Crippen LogP contribution in [0.15, 0.2) is 0 Å².